The molecule has 1 rings (SSSR count). The Labute approximate surface area is 54.5 Å². The van der Waals surface area contributed by atoms with Crippen LogP contribution in [0.15, 0.2) is 0 Å². The summed E-state index contributed by atoms with van der Waals surface area (Å²) in [6.07, 6.45) is 4.82. The topological polar surface area (TPSA) is 20.2 Å². The molecule has 2 heteroatoms. The van der Waals surface area contributed by atoms with Crippen molar-refractivity contribution in [2.45, 2.75) is 31.1 Å². The third-order valence-electron chi connectivity index (χ3n) is 1.41. The molecular formula is C6H12OS. The molecule has 1 heterocycles. The Hall–Kier alpha value is 0.310. The van der Waals surface area contributed by atoms with Gasteiger partial charge in [0.2, 0.25) is 0 Å². The lowest BCUT2D eigenvalue weighted by Gasteiger charge is -2.01. The standard InChI is InChI=1S/C6H12OS/c7-6-4-2-1-3-5-8-6/h6-7H,1-5H2. The van der Waals surface area contributed by atoms with E-state index in [-0.39, 0.29) is 5.44 Å². The van der Waals surface area contributed by atoms with Crippen LogP contribution in [0, 0.1) is 0 Å². The van der Waals surface area contributed by atoms with E-state index in [0.717, 1.165) is 12.2 Å². The van der Waals surface area contributed by atoms with Gasteiger partial charge in [-0.2, -0.15) is 0 Å². The predicted molar refractivity (Wildman–Crippen MR) is 36.9 cm³/mol. The molecule has 8 heavy (non-hydrogen) atoms. The van der Waals surface area contributed by atoms with E-state index >= 15 is 0 Å². The van der Waals surface area contributed by atoms with Crippen LogP contribution in [-0.2, 0) is 0 Å². The smallest absolute Gasteiger partial charge is 0.0992 e. The Morgan fingerprint density at radius 2 is 2.12 bits per heavy atom. The number of aliphatic hydroxyl groups excluding tert-OH is 1. The molecule has 1 saturated heterocycles. The summed E-state index contributed by atoms with van der Waals surface area (Å²) in [7, 11) is 0. The molecular weight excluding hydrogens is 120 g/mol. The van der Waals surface area contributed by atoms with Gasteiger partial charge in [-0.15, -0.1) is 11.8 Å². The van der Waals surface area contributed by atoms with Crippen molar-refractivity contribution in [3.63, 3.8) is 0 Å². The van der Waals surface area contributed by atoms with Crippen LogP contribution in [0.2, 0.25) is 0 Å². The molecule has 0 amide bonds. The van der Waals surface area contributed by atoms with Crippen molar-refractivity contribution in [3.05, 3.63) is 0 Å². The summed E-state index contributed by atoms with van der Waals surface area (Å²) < 4.78 is 0. The van der Waals surface area contributed by atoms with Crippen molar-refractivity contribution >= 4 is 11.8 Å². The Bertz CT molecular complexity index is 57.5. The maximum atomic E-state index is 9.05. The van der Waals surface area contributed by atoms with Gasteiger partial charge in [0, 0.05) is 0 Å². The molecule has 1 unspecified atom stereocenters. The molecule has 0 spiro atoms. The molecule has 0 aromatic rings. The highest BCUT2D eigenvalue weighted by Gasteiger charge is 2.06. The summed E-state index contributed by atoms with van der Waals surface area (Å²) in [5.74, 6) is 1.15. The van der Waals surface area contributed by atoms with Crippen molar-refractivity contribution in [2.75, 3.05) is 5.75 Å². The van der Waals surface area contributed by atoms with Gasteiger partial charge in [0.1, 0.15) is 0 Å². The third-order valence-corrected chi connectivity index (χ3v) is 2.55. The van der Waals surface area contributed by atoms with Gasteiger partial charge in [-0.05, 0) is 25.0 Å². The van der Waals surface area contributed by atoms with Crippen molar-refractivity contribution in [1.29, 1.82) is 0 Å². The lowest BCUT2D eigenvalue weighted by Crippen LogP contribution is -1.97. The van der Waals surface area contributed by atoms with E-state index in [1.165, 1.54) is 19.3 Å². The van der Waals surface area contributed by atoms with Gasteiger partial charge in [-0.3, -0.25) is 0 Å². The van der Waals surface area contributed by atoms with Crippen LogP contribution in [0.1, 0.15) is 25.7 Å². The van der Waals surface area contributed by atoms with E-state index in [0.29, 0.717) is 0 Å². The highest BCUT2D eigenvalue weighted by Crippen LogP contribution is 2.21. The second-order valence-electron chi connectivity index (χ2n) is 2.17. The Kier molecular flexibility index (Phi) is 2.70. The number of rotatable bonds is 0. The number of thioether (sulfide) groups is 1. The maximum absolute atomic E-state index is 9.05. The third kappa shape index (κ3) is 2.05. The van der Waals surface area contributed by atoms with E-state index in [1.807, 2.05) is 0 Å². The van der Waals surface area contributed by atoms with Gasteiger partial charge in [-0.1, -0.05) is 6.42 Å². The van der Waals surface area contributed by atoms with Crippen LogP contribution in [0.5, 0.6) is 0 Å². The van der Waals surface area contributed by atoms with Gasteiger partial charge >= 0.3 is 0 Å². The normalized spacial score (nSPS) is 31.9. The summed E-state index contributed by atoms with van der Waals surface area (Å²) in [5, 5.41) is 9.05. The molecule has 1 nitrogen and oxygen atoms in total. The molecule has 0 bridgehead atoms. The first-order valence-corrected chi connectivity index (χ1v) is 4.24. The molecule has 0 aromatic heterocycles. The lowest BCUT2D eigenvalue weighted by atomic mass is 10.2. The second kappa shape index (κ2) is 3.36. The van der Waals surface area contributed by atoms with Crippen molar-refractivity contribution in [1.82, 2.24) is 0 Å². The average molecular weight is 132 g/mol. The minimum Gasteiger partial charge on any atom is -0.382 e. The second-order valence-corrected chi connectivity index (χ2v) is 3.46. The fraction of sp³-hybridized carbons (Fsp3) is 1.00. The highest BCUT2D eigenvalue weighted by atomic mass is 32.2. The first kappa shape index (κ1) is 6.43. The summed E-state index contributed by atoms with van der Waals surface area (Å²) in [5.41, 5.74) is -0.0579. The van der Waals surface area contributed by atoms with Crippen LogP contribution < -0.4 is 0 Å². The van der Waals surface area contributed by atoms with Crippen molar-refractivity contribution in [3.8, 4) is 0 Å². The Morgan fingerprint density at radius 1 is 1.25 bits per heavy atom. The summed E-state index contributed by atoms with van der Waals surface area (Å²) in [6, 6.07) is 0. The summed E-state index contributed by atoms with van der Waals surface area (Å²) >= 11 is 1.69. The van der Waals surface area contributed by atoms with E-state index in [9.17, 15) is 0 Å². The molecule has 0 aliphatic carbocycles. The van der Waals surface area contributed by atoms with E-state index in [1.54, 1.807) is 11.8 Å². The summed E-state index contributed by atoms with van der Waals surface area (Å²) in [6.45, 7) is 0. The fourth-order valence-corrected chi connectivity index (χ4v) is 1.88. The number of hydrogen-bond donors (Lipinski definition) is 1. The Morgan fingerprint density at radius 3 is 3.00 bits per heavy atom. The quantitative estimate of drug-likeness (QED) is 0.540. The first-order valence-electron chi connectivity index (χ1n) is 3.19. The summed E-state index contributed by atoms with van der Waals surface area (Å²) in [4.78, 5) is 0. The SMILES string of the molecule is OC1CCCCCS1. The zero-order valence-corrected chi connectivity index (χ0v) is 5.78. The molecule has 1 aliphatic heterocycles. The minimum atomic E-state index is -0.0579. The van der Waals surface area contributed by atoms with E-state index < -0.39 is 0 Å². The van der Waals surface area contributed by atoms with Gasteiger partial charge in [0.25, 0.3) is 0 Å². The molecule has 0 radical (unpaired) electrons. The fourth-order valence-electron chi connectivity index (χ4n) is 0.901. The first-order chi connectivity index (χ1) is 3.89. The van der Waals surface area contributed by atoms with Gasteiger partial charge < -0.3 is 5.11 Å². The van der Waals surface area contributed by atoms with E-state index in [4.69, 9.17) is 5.11 Å². The van der Waals surface area contributed by atoms with Gasteiger partial charge in [0.05, 0.1) is 5.44 Å². The Balaban J connectivity index is 2.17. The van der Waals surface area contributed by atoms with Crippen LogP contribution in [-0.4, -0.2) is 16.3 Å². The lowest BCUT2D eigenvalue weighted by molar-refractivity contribution is 0.251. The van der Waals surface area contributed by atoms with Crippen LogP contribution >= 0.6 is 11.8 Å². The molecule has 0 aromatic carbocycles. The average Bonchev–Trinajstić information content (AvgIpc) is 1.94. The van der Waals surface area contributed by atoms with Gasteiger partial charge in [0.15, 0.2) is 0 Å². The monoisotopic (exact) mass is 132 g/mol. The van der Waals surface area contributed by atoms with E-state index in [2.05, 4.69) is 0 Å². The van der Waals surface area contributed by atoms with Crippen LogP contribution in [0.25, 0.3) is 0 Å². The molecule has 0 saturated carbocycles. The minimum absolute atomic E-state index is 0.0579. The zero-order valence-electron chi connectivity index (χ0n) is 4.97. The van der Waals surface area contributed by atoms with Crippen molar-refractivity contribution in [2.24, 2.45) is 0 Å². The zero-order chi connectivity index (χ0) is 5.82. The molecule has 1 fully saturated rings. The molecule has 1 aliphatic rings. The number of hydrogen-bond acceptors (Lipinski definition) is 2. The number of aliphatic hydroxyl groups is 1. The molecule has 1 atom stereocenters. The highest BCUT2D eigenvalue weighted by molar-refractivity contribution is 7.99. The molecule has 48 valence electrons. The van der Waals surface area contributed by atoms with Crippen LogP contribution in [0.3, 0.4) is 0 Å². The largest absolute Gasteiger partial charge is 0.382 e. The van der Waals surface area contributed by atoms with Gasteiger partial charge in [-0.25, -0.2) is 0 Å². The predicted octanol–water partition coefficient (Wildman–Crippen LogP) is 1.61. The maximum Gasteiger partial charge on any atom is 0.0992 e. The van der Waals surface area contributed by atoms with Crippen LogP contribution in [0.4, 0.5) is 0 Å². The molecule has 1 N–H and O–H groups in total. The van der Waals surface area contributed by atoms with Crippen molar-refractivity contribution < 1.29 is 5.11 Å².